The Hall–Kier alpha value is -1.79. The molecule has 0 aliphatic rings. The van der Waals surface area contributed by atoms with Gasteiger partial charge in [0.2, 0.25) is 0 Å². The number of rotatable bonds is 2. The molecule has 0 aliphatic carbocycles. The van der Waals surface area contributed by atoms with Gasteiger partial charge in [-0.25, -0.2) is 0 Å². The van der Waals surface area contributed by atoms with E-state index in [0.29, 0.717) is 6.20 Å². The smallest absolute Gasteiger partial charge is 0.419 e. The number of pyridine rings is 1. The number of alkyl halides is 3. The van der Waals surface area contributed by atoms with Crippen molar-refractivity contribution in [1.82, 2.24) is 4.98 Å². The third-order valence-electron chi connectivity index (χ3n) is 1.94. The van der Waals surface area contributed by atoms with Gasteiger partial charge in [-0.05, 0) is 0 Å². The third-order valence-corrected chi connectivity index (χ3v) is 1.94. The molecule has 7 heteroatoms. The first-order valence-electron chi connectivity index (χ1n) is 4.22. The Bertz CT molecular complexity index is 404. The monoisotopic (exact) mass is 234 g/mol. The van der Waals surface area contributed by atoms with E-state index in [9.17, 15) is 18.0 Å². The van der Waals surface area contributed by atoms with Crippen LogP contribution in [0.2, 0.25) is 0 Å². The third kappa shape index (κ3) is 2.62. The fourth-order valence-corrected chi connectivity index (χ4v) is 1.11. The minimum absolute atomic E-state index is 0.00155. The molecular formula is C9H9F3N2O2. The van der Waals surface area contributed by atoms with E-state index in [2.05, 4.69) is 9.72 Å². The van der Waals surface area contributed by atoms with Gasteiger partial charge in [0, 0.05) is 18.0 Å². The van der Waals surface area contributed by atoms with Gasteiger partial charge in [-0.3, -0.25) is 9.78 Å². The molecular weight excluding hydrogens is 225 g/mol. The number of nitrogens with zero attached hydrogens (tertiary/aromatic N) is 1. The van der Waals surface area contributed by atoms with Gasteiger partial charge in [-0.1, -0.05) is 0 Å². The van der Waals surface area contributed by atoms with Crippen LogP contribution >= 0.6 is 0 Å². The minimum Gasteiger partial charge on any atom is -0.469 e. The standard InChI is InChI=1S/C9H9F3N2O2/c1-16-7(15)2-5-3-14-4-6(8(5)13)9(10,11)12/h3-4H,2H2,1H3,(H2,13,14). The second-order valence-electron chi connectivity index (χ2n) is 3.01. The van der Waals surface area contributed by atoms with E-state index in [1.165, 1.54) is 0 Å². The number of anilines is 1. The maximum absolute atomic E-state index is 12.4. The van der Waals surface area contributed by atoms with E-state index in [1.807, 2.05) is 0 Å². The fourth-order valence-electron chi connectivity index (χ4n) is 1.11. The van der Waals surface area contributed by atoms with E-state index >= 15 is 0 Å². The van der Waals surface area contributed by atoms with Gasteiger partial charge in [0.25, 0.3) is 0 Å². The van der Waals surface area contributed by atoms with Crippen LogP contribution in [0.3, 0.4) is 0 Å². The number of nitrogens with two attached hydrogens (primary N) is 1. The number of carbonyl (C=O) groups excluding carboxylic acids is 1. The Morgan fingerprint density at radius 3 is 2.62 bits per heavy atom. The minimum atomic E-state index is -4.58. The Labute approximate surface area is 89.2 Å². The largest absolute Gasteiger partial charge is 0.469 e. The predicted octanol–water partition coefficient (Wildman–Crippen LogP) is 1.40. The summed E-state index contributed by atoms with van der Waals surface area (Å²) in [6.07, 6.45) is -3.18. The molecule has 16 heavy (non-hydrogen) atoms. The van der Waals surface area contributed by atoms with E-state index in [4.69, 9.17) is 5.73 Å². The van der Waals surface area contributed by atoms with Crippen LogP contribution in [0.25, 0.3) is 0 Å². The van der Waals surface area contributed by atoms with Gasteiger partial charge in [0.15, 0.2) is 0 Å². The van der Waals surface area contributed by atoms with Gasteiger partial charge in [-0.15, -0.1) is 0 Å². The second-order valence-corrected chi connectivity index (χ2v) is 3.01. The molecule has 0 aromatic carbocycles. The lowest BCUT2D eigenvalue weighted by Gasteiger charge is -2.11. The second kappa shape index (κ2) is 4.38. The van der Waals surface area contributed by atoms with E-state index in [-0.39, 0.29) is 12.0 Å². The molecule has 0 atom stereocenters. The van der Waals surface area contributed by atoms with Crippen molar-refractivity contribution in [3.63, 3.8) is 0 Å². The quantitative estimate of drug-likeness (QED) is 0.785. The van der Waals surface area contributed by atoms with Crippen molar-refractivity contribution in [3.8, 4) is 0 Å². The maximum atomic E-state index is 12.4. The molecule has 1 rings (SSSR count). The summed E-state index contributed by atoms with van der Waals surface area (Å²) in [5, 5.41) is 0. The topological polar surface area (TPSA) is 65.2 Å². The highest BCUT2D eigenvalue weighted by molar-refractivity contribution is 5.75. The van der Waals surface area contributed by atoms with Gasteiger partial charge in [0.05, 0.1) is 24.8 Å². The number of halogens is 3. The zero-order chi connectivity index (χ0) is 12.3. The number of esters is 1. The van der Waals surface area contributed by atoms with Crippen molar-refractivity contribution in [3.05, 3.63) is 23.5 Å². The molecule has 0 spiro atoms. The number of ether oxygens (including phenoxy) is 1. The maximum Gasteiger partial charge on any atom is 0.419 e. The Kier molecular flexibility index (Phi) is 3.36. The number of hydrogen-bond acceptors (Lipinski definition) is 4. The molecule has 2 N–H and O–H groups in total. The lowest BCUT2D eigenvalue weighted by Crippen LogP contribution is -2.14. The molecule has 0 saturated carbocycles. The first kappa shape index (κ1) is 12.3. The summed E-state index contributed by atoms with van der Waals surface area (Å²) < 4.78 is 41.6. The highest BCUT2D eigenvalue weighted by Crippen LogP contribution is 2.34. The van der Waals surface area contributed by atoms with Gasteiger partial charge >= 0.3 is 12.1 Å². The Morgan fingerprint density at radius 2 is 2.12 bits per heavy atom. The van der Waals surface area contributed by atoms with E-state index in [0.717, 1.165) is 13.3 Å². The van der Waals surface area contributed by atoms with Crippen LogP contribution in [0.1, 0.15) is 11.1 Å². The molecule has 0 radical (unpaired) electrons. The summed E-state index contributed by atoms with van der Waals surface area (Å²) in [5.74, 6) is -0.673. The molecule has 0 amide bonds. The van der Waals surface area contributed by atoms with Gasteiger partial charge in [-0.2, -0.15) is 13.2 Å². The lowest BCUT2D eigenvalue weighted by molar-refractivity contribution is -0.140. The average molecular weight is 234 g/mol. The van der Waals surface area contributed by atoms with Crippen LogP contribution in [0, 0.1) is 0 Å². The highest BCUT2D eigenvalue weighted by Gasteiger charge is 2.34. The van der Waals surface area contributed by atoms with Crippen LogP contribution in [0.5, 0.6) is 0 Å². The van der Waals surface area contributed by atoms with Crippen LogP contribution in [0.4, 0.5) is 18.9 Å². The Morgan fingerprint density at radius 1 is 1.50 bits per heavy atom. The van der Waals surface area contributed by atoms with Crippen LogP contribution in [0.15, 0.2) is 12.4 Å². The Balaban J connectivity index is 3.09. The molecule has 0 saturated heterocycles. The fraction of sp³-hybridized carbons (Fsp3) is 0.333. The summed E-state index contributed by atoms with van der Waals surface area (Å²) in [6, 6.07) is 0. The number of aromatic nitrogens is 1. The molecule has 1 heterocycles. The molecule has 0 fully saturated rings. The zero-order valence-electron chi connectivity index (χ0n) is 8.34. The van der Waals surface area contributed by atoms with E-state index in [1.54, 1.807) is 0 Å². The van der Waals surface area contributed by atoms with Crippen molar-refractivity contribution in [2.75, 3.05) is 12.8 Å². The number of methoxy groups -OCH3 is 1. The van der Waals surface area contributed by atoms with Gasteiger partial charge in [0.1, 0.15) is 0 Å². The number of nitrogen functional groups attached to an aromatic ring is 1. The molecule has 4 nitrogen and oxygen atoms in total. The summed E-state index contributed by atoms with van der Waals surface area (Å²) in [7, 11) is 1.14. The van der Waals surface area contributed by atoms with Crippen molar-refractivity contribution in [2.45, 2.75) is 12.6 Å². The SMILES string of the molecule is COC(=O)Cc1cncc(C(F)(F)F)c1N. The number of carbonyl (C=O) groups is 1. The van der Waals surface area contributed by atoms with Crippen LogP contribution in [-0.4, -0.2) is 18.1 Å². The molecule has 1 aromatic heterocycles. The molecule has 1 aromatic rings. The lowest BCUT2D eigenvalue weighted by atomic mass is 10.1. The first-order valence-corrected chi connectivity index (χ1v) is 4.22. The molecule has 0 bridgehead atoms. The summed E-state index contributed by atoms with van der Waals surface area (Å²) >= 11 is 0. The molecule has 0 unspecified atom stereocenters. The molecule has 88 valence electrons. The average Bonchev–Trinajstić information content (AvgIpc) is 2.19. The predicted molar refractivity (Wildman–Crippen MR) is 49.4 cm³/mol. The normalized spacial score (nSPS) is 11.2. The summed E-state index contributed by atoms with van der Waals surface area (Å²) in [6.45, 7) is 0. The van der Waals surface area contributed by atoms with Crippen LogP contribution < -0.4 is 5.73 Å². The van der Waals surface area contributed by atoms with Crippen LogP contribution in [-0.2, 0) is 22.1 Å². The summed E-state index contributed by atoms with van der Waals surface area (Å²) in [4.78, 5) is 14.3. The van der Waals surface area contributed by atoms with Crippen molar-refractivity contribution in [2.24, 2.45) is 0 Å². The highest BCUT2D eigenvalue weighted by atomic mass is 19.4. The van der Waals surface area contributed by atoms with Crippen molar-refractivity contribution in [1.29, 1.82) is 0 Å². The van der Waals surface area contributed by atoms with Gasteiger partial charge < -0.3 is 10.5 Å². The van der Waals surface area contributed by atoms with Crippen molar-refractivity contribution >= 4 is 11.7 Å². The molecule has 0 aliphatic heterocycles. The number of hydrogen-bond donors (Lipinski definition) is 1. The zero-order valence-corrected chi connectivity index (χ0v) is 8.34. The first-order chi connectivity index (χ1) is 7.36. The van der Waals surface area contributed by atoms with E-state index < -0.39 is 23.4 Å². The van der Waals surface area contributed by atoms with Crippen molar-refractivity contribution < 1.29 is 22.7 Å². The summed E-state index contributed by atoms with van der Waals surface area (Å²) in [5.41, 5.74) is 3.77.